The van der Waals surface area contributed by atoms with Gasteiger partial charge in [0.2, 0.25) is 0 Å². The Morgan fingerprint density at radius 2 is 1.54 bits per heavy atom. The Labute approximate surface area is 217 Å². The molecule has 0 fully saturated rings. The zero-order valence-corrected chi connectivity index (χ0v) is 21.1. The fourth-order valence-corrected chi connectivity index (χ4v) is 4.88. The first-order valence-electron chi connectivity index (χ1n) is 12.8. The van der Waals surface area contributed by atoms with Crippen molar-refractivity contribution in [1.29, 1.82) is 0 Å². The third-order valence-electron chi connectivity index (χ3n) is 6.77. The van der Waals surface area contributed by atoms with Crippen LogP contribution in [-0.2, 0) is 26.2 Å². The molecule has 1 aromatic heterocycles. The van der Waals surface area contributed by atoms with Crippen LogP contribution in [-0.4, -0.2) is 14.5 Å². The van der Waals surface area contributed by atoms with Crippen LogP contribution < -0.4 is 0 Å². The maximum absolute atomic E-state index is 14.7. The first-order chi connectivity index (χ1) is 18.1. The number of hydrogen-bond donors (Lipinski definition) is 0. The molecule has 0 bridgehead atoms. The zero-order valence-electron chi connectivity index (χ0n) is 21.1. The molecule has 0 radical (unpaired) electrons. The molecule has 0 unspecified atom stereocenters. The van der Waals surface area contributed by atoms with Crippen molar-refractivity contribution in [1.82, 2.24) is 14.5 Å². The van der Waals surface area contributed by atoms with E-state index in [4.69, 9.17) is 4.98 Å². The molecule has 0 aliphatic heterocycles. The predicted octanol–water partition coefficient (Wildman–Crippen LogP) is 7.98. The Morgan fingerprint density at radius 1 is 0.784 bits per heavy atom. The quantitative estimate of drug-likeness (QED) is 0.196. The molecule has 5 heteroatoms. The monoisotopic (exact) mass is 495 g/mol. The second kappa shape index (κ2) is 11.5. The standard InChI is InChI=1S/C32H31F2N3/c1-2-3-18-37-29(20-35-32(37)25-11-5-4-6-12-25)23-36(22-27-16-17-28(33)19-31(27)34)21-26-14-9-13-24-10-7-8-15-30(24)26/h4-17,19-20H,2-3,18,21-23H2,1H3. The molecule has 3 nitrogen and oxygen atoms in total. The van der Waals surface area contributed by atoms with Gasteiger partial charge in [-0.15, -0.1) is 0 Å². The van der Waals surface area contributed by atoms with E-state index in [0.29, 0.717) is 25.2 Å². The van der Waals surface area contributed by atoms with Gasteiger partial charge < -0.3 is 4.57 Å². The molecule has 0 saturated heterocycles. The molecule has 0 saturated carbocycles. The topological polar surface area (TPSA) is 21.1 Å². The van der Waals surface area contributed by atoms with Crippen LogP contribution in [0.5, 0.6) is 0 Å². The maximum atomic E-state index is 14.7. The molecule has 0 aliphatic carbocycles. The van der Waals surface area contributed by atoms with E-state index < -0.39 is 11.6 Å². The first kappa shape index (κ1) is 24.8. The van der Waals surface area contributed by atoms with Crippen LogP contribution in [0.25, 0.3) is 22.2 Å². The molecule has 5 aromatic rings. The molecule has 0 amide bonds. The van der Waals surface area contributed by atoms with Gasteiger partial charge in [0.25, 0.3) is 0 Å². The molecule has 4 aromatic carbocycles. The third kappa shape index (κ3) is 5.78. The molecule has 5 rings (SSSR count). The fraction of sp³-hybridized carbons (Fsp3) is 0.219. The van der Waals surface area contributed by atoms with Crippen molar-refractivity contribution in [2.75, 3.05) is 0 Å². The van der Waals surface area contributed by atoms with Gasteiger partial charge in [-0.25, -0.2) is 13.8 Å². The second-order valence-corrected chi connectivity index (χ2v) is 9.46. The Kier molecular flexibility index (Phi) is 7.71. The van der Waals surface area contributed by atoms with E-state index >= 15 is 0 Å². The summed E-state index contributed by atoms with van der Waals surface area (Å²) >= 11 is 0. The summed E-state index contributed by atoms with van der Waals surface area (Å²) in [5.74, 6) is -0.137. The number of fused-ring (bicyclic) bond motifs is 1. The van der Waals surface area contributed by atoms with E-state index in [9.17, 15) is 8.78 Å². The maximum Gasteiger partial charge on any atom is 0.140 e. The van der Waals surface area contributed by atoms with Crippen LogP contribution in [0.15, 0.2) is 97.2 Å². The van der Waals surface area contributed by atoms with Crippen molar-refractivity contribution in [3.63, 3.8) is 0 Å². The van der Waals surface area contributed by atoms with Gasteiger partial charge in [0, 0.05) is 43.4 Å². The lowest BCUT2D eigenvalue weighted by Crippen LogP contribution is -2.25. The number of aromatic nitrogens is 2. The van der Waals surface area contributed by atoms with Crippen molar-refractivity contribution < 1.29 is 8.78 Å². The lowest BCUT2D eigenvalue weighted by atomic mass is 10.0. The van der Waals surface area contributed by atoms with Crippen LogP contribution >= 0.6 is 0 Å². The van der Waals surface area contributed by atoms with Crippen LogP contribution in [0, 0.1) is 11.6 Å². The van der Waals surface area contributed by atoms with Crippen LogP contribution in [0.4, 0.5) is 8.78 Å². The van der Waals surface area contributed by atoms with Gasteiger partial charge in [-0.05, 0) is 28.8 Å². The van der Waals surface area contributed by atoms with Gasteiger partial charge >= 0.3 is 0 Å². The summed E-state index contributed by atoms with van der Waals surface area (Å²) in [6, 6.07) is 28.7. The van der Waals surface area contributed by atoms with E-state index in [0.717, 1.165) is 42.5 Å². The van der Waals surface area contributed by atoms with E-state index in [1.54, 1.807) is 6.07 Å². The Morgan fingerprint density at radius 3 is 2.35 bits per heavy atom. The first-order valence-corrected chi connectivity index (χ1v) is 12.8. The summed E-state index contributed by atoms with van der Waals surface area (Å²) in [7, 11) is 0. The highest BCUT2D eigenvalue weighted by atomic mass is 19.1. The molecule has 0 atom stereocenters. The molecule has 188 valence electrons. The van der Waals surface area contributed by atoms with Crippen molar-refractivity contribution in [3.05, 3.63) is 126 Å². The molecular weight excluding hydrogens is 464 g/mol. The average Bonchev–Trinajstić information content (AvgIpc) is 3.31. The molecule has 37 heavy (non-hydrogen) atoms. The minimum atomic E-state index is -0.563. The summed E-state index contributed by atoms with van der Waals surface area (Å²) in [6.45, 7) is 4.61. The number of rotatable bonds is 10. The lowest BCUT2D eigenvalue weighted by molar-refractivity contribution is 0.238. The normalized spacial score (nSPS) is 11.5. The number of unbranched alkanes of at least 4 members (excludes halogenated alkanes) is 1. The Balaban J connectivity index is 1.51. The van der Waals surface area contributed by atoms with E-state index in [2.05, 4.69) is 58.9 Å². The minimum Gasteiger partial charge on any atom is -0.327 e. The SMILES string of the molecule is CCCCn1c(CN(Cc2ccc(F)cc2F)Cc2cccc3ccccc23)cnc1-c1ccccc1. The summed E-state index contributed by atoms with van der Waals surface area (Å²) in [4.78, 5) is 7.01. The van der Waals surface area contributed by atoms with E-state index in [-0.39, 0.29) is 0 Å². The van der Waals surface area contributed by atoms with Gasteiger partial charge in [-0.1, -0.05) is 92.2 Å². The zero-order chi connectivity index (χ0) is 25.6. The molecular formula is C32H31F2N3. The second-order valence-electron chi connectivity index (χ2n) is 9.46. The smallest absolute Gasteiger partial charge is 0.140 e. The minimum absolute atomic E-state index is 0.356. The van der Waals surface area contributed by atoms with Crippen molar-refractivity contribution in [3.8, 4) is 11.4 Å². The molecule has 0 spiro atoms. The molecule has 0 aliphatic rings. The summed E-state index contributed by atoms with van der Waals surface area (Å²) < 4.78 is 30.6. The van der Waals surface area contributed by atoms with Crippen LogP contribution in [0.3, 0.4) is 0 Å². The highest BCUT2D eigenvalue weighted by Crippen LogP contribution is 2.25. The number of hydrogen-bond acceptors (Lipinski definition) is 2. The fourth-order valence-electron chi connectivity index (χ4n) is 4.88. The summed E-state index contributed by atoms with van der Waals surface area (Å²) in [5.41, 5.74) is 3.80. The largest absolute Gasteiger partial charge is 0.327 e. The molecule has 1 heterocycles. The predicted molar refractivity (Wildman–Crippen MR) is 146 cm³/mol. The Bertz CT molecular complexity index is 1470. The number of benzene rings is 4. The van der Waals surface area contributed by atoms with E-state index in [1.165, 1.54) is 22.4 Å². The van der Waals surface area contributed by atoms with Crippen molar-refractivity contribution >= 4 is 10.8 Å². The average molecular weight is 496 g/mol. The summed E-state index contributed by atoms with van der Waals surface area (Å²) in [5, 5.41) is 2.35. The van der Waals surface area contributed by atoms with Gasteiger partial charge in [0.15, 0.2) is 0 Å². The van der Waals surface area contributed by atoms with Gasteiger partial charge in [0.05, 0.1) is 11.9 Å². The van der Waals surface area contributed by atoms with E-state index in [1.807, 2.05) is 36.5 Å². The lowest BCUT2D eigenvalue weighted by Gasteiger charge is -2.25. The van der Waals surface area contributed by atoms with Crippen molar-refractivity contribution in [2.24, 2.45) is 0 Å². The van der Waals surface area contributed by atoms with Crippen LogP contribution in [0.2, 0.25) is 0 Å². The highest BCUT2D eigenvalue weighted by molar-refractivity contribution is 5.85. The highest BCUT2D eigenvalue weighted by Gasteiger charge is 2.18. The van der Waals surface area contributed by atoms with Gasteiger partial charge in [-0.3, -0.25) is 4.90 Å². The number of nitrogens with zero attached hydrogens (tertiary/aromatic N) is 3. The number of imidazole rings is 1. The van der Waals surface area contributed by atoms with Crippen molar-refractivity contribution in [2.45, 2.75) is 45.9 Å². The van der Waals surface area contributed by atoms with Gasteiger partial charge in [-0.2, -0.15) is 0 Å². The summed E-state index contributed by atoms with van der Waals surface area (Å²) in [6.07, 6.45) is 4.06. The third-order valence-corrected chi connectivity index (χ3v) is 6.77. The Hall–Kier alpha value is -3.83. The molecule has 0 N–H and O–H groups in total. The van der Waals surface area contributed by atoms with Gasteiger partial charge in [0.1, 0.15) is 17.5 Å². The van der Waals surface area contributed by atoms with Crippen LogP contribution in [0.1, 0.15) is 36.6 Å². The number of halogens is 2.